The molecule has 0 aromatic heterocycles. The van der Waals surface area contributed by atoms with Crippen LogP contribution in [0.25, 0.3) is 0 Å². The maximum absolute atomic E-state index is 8.29. The van der Waals surface area contributed by atoms with Crippen molar-refractivity contribution in [1.29, 1.82) is 0 Å². The van der Waals surface area contributed by atoms with Crippen molar-refractivity contribution in [1.82, 2.24) is 0 Å². The average Bonchev–Trinajstić information content (AvgIpc) is 2.08. The maximum atomic E-state index is 8.29. The van der Waals surface area contributed by atoms with Crippen LogP contribution in [0.2, 0.25) is 0 Å². The fourth-order valence-corrected chi connectivity index (χ4v) is 0.534. The Hall–Kier alpha value is -1.40. The van der Waals surface area contributed by atoms with E-state index in [9.17, 15) is 0 Å². The van der Waals surface area contributed by atoms with Crippen molar-refractivity contribution in [2.45, 2.75) is 0 Å². The average molecular weight is 166 g/mol. The Morgan fingerprint density at radius 1 is 1.18 bits per heavy atom. The number of terminal acetylenes is 1. The zero-order chi connectivity index (χ0) is 8.53. The Morgan fingerprint density at radius 3 is 1.91 bits per heavy atom. The van der Waals surface area contributed by atoms with E-state index in [1.807, 2.05) is 30.3 Å². The van der Waals surface area contributed by atoms with Crippen molar-refractivity contribution in [3.8, 4) is 12.3 Å². The van der Waals surface area contributed by atoms with Gasteiger partial charge in [0.1, 0.15) is 0 Å². The molecule has 56 valence electrons. The van der Waals surface area contributed by atoms with E-state index in [1.54, 1.807) is 0 Å². The molecule has 1 aromatic carbocycles. The fourth-order valence-electron chi connectivity index (χ4n) is 0.534. The molecule has 0 radical (unpaired) electrons. The van der Waals surface area contributed by atoms with Crippen molar-refractivity contribution < 1.29 is 8.42 Å². The Labute approximate surface area is 68.9 Å². The summed E-state index contributed by atoms with van der Waals surface area (Å²) in [6.07, 6.45) is 5.10. The Kier molecular flexibility index (Phi) is 5.86. The van der Waals surface area contributed by atoms with Gasteiger partial charge in [0.25, 0.3) is 0 Å². The van der Waals surface area contributed by atoms with Gasteiger partial charge >= 0.3 is 11.6 Å². The minimum Gasteiger partial charge on any atom is -0.168 e. The molecule has 0 aliphatic carbocycles. The van der Waals surface area contributed by atoms with Crippen LogP contribution >= 0.6 is 0 Å². The maximum Gasteiger partial charge on any atom is 0.335 e. The van der Waals surface area contributed by atoms with E-state index in [0.29, 0.717) is 0 Å². The van der Waals surface area contributed by atoms with Gasteiger partial charge in [-0.25, -0.2) is 0 Å². The molecule has 0 aliphatic heterocycles. The lowest BCUT2D eigenvalue weighted by Gasteiger charge is -1.82. The van der Waals surface area contributed by atoms with Gasteiger partial charge in [0, 0.05) is 5.56 Å². The lowest BCUT2D eigenvalue weighted by atomic mass is 10.2. The van der Waals surface area contributed by atoms with Gasteiger partial charge in [0.05, 0.1) is 0 Å². The molecule has 0 saturated heterocycles. The molecule has 0 unspecified atom stereocenters. The summed E-state index contributed by atoms with van der Waals surface area (Å²) in [6.45, 7) is 0. The molecule has 0 heterocycles. The molecular weight excluding hydrogens is 160 g/mol. The molecule has 0 amide bonds. The molecule has 0 atom stereocenters. The van der Waals surface area contributed by atoms with Crippen molar-refractivity contribution in [3.05, 3.63) is 35.9 Å². The summed E-state index contributed by atoms with van der Waals surface area (Å²) in [6, 6.07) is 9.60. The van der Waals surface area contributed by atoms with Crippen LogP contribution in [-0.2, 0) is 11.6 Å². The fraction of sp³-hybridized carbons (Fsp3) is 0. The van der Waals surface area contributed by atoms with Crippen LogP contribution in [-0.4, -0.2) is 8.42 Å². The molecule has 3 heteroatoms. The summed E-state index contributed by atoms with van der Waals surface area (Å²) in [5, 5.41) is 0. The number of hydrogen-bond acceptors (Lipinski definition) is 2. The Balaban J connectivity index is 0.000000292. The van der Waals surface area contributed by atoms with Crippen LogP contribution in [0, 0.1) is 12.3 Å². The quantitative estimate of drug-likeness (QED) is 0.539. The third-order valence-corrected chi connectivity index (χ3v) is 0.940. The van der Waals surface area contributed by atoms with Gasteiger partial charge < -0.3 is 0 Å². The minimum absolute atomic E-state index is 0.750. The van der Waals surface area contributed by atoms with E-state index in [2.05, 4.69) is 5.92 Å². The Bertz CT molecular complexity index is 268. The molecule has 0 fully saturated rings. The predicted molar refractivity (Wildman–Crippen MR) is 43.3 cm³/mol. The van der Waals surface area contributed by atoms with Crippen molar-refractivity contribution in [2.75, 3.05) is 0 Å². The van der Waals surface area contributed by atoms with Crippen LogP contribution < -0.4 is 0 Å². The van der Waals surface area contributed by atoms with Crippen LogP contribution in [0.15, 0.2) is 30.3 Å². The van der Waals surface area contributed by atoms with Crippen LogP contribution in [0.3, 0.4) is 0 Å². The lowest BCUT2D eigenvalue weighted by molar-refractivity contribution is 0.630. The molecule has 1 aromatic rings. The molecular formula is C8H6O2S. The lowest BCUT2D eigenvalue weighted by Crippen LogP contribution is -1.66. The van der Waals surface area contributed by atoms with Crippen LogP contribution in [0.4, 0.5) is 0 Å². The number of rotatable bonds is 0. The van der Waals surface area contributed by atoms with Gasteiger partial charge in [-0.1, -0.05) is 24.1 Å². The summed E-state index contributed by atoms with van der Waals surface area (Å²) in [5.41, 5.74) is 0.938. The molecule has 0 saturated carbocycles. The first kappa shape index (κ1) is 9.60. The third kappa shape index (κ3) is 5.07. The van der Waals surface area contributed by atoms with Crippen molar-refractivity contribution in [3.63, 3.8) is 0 Å². The van der Waals surface area contributed by atoms with Gasteiger partial charge in [0.2, 0.25) is 0 Å². The normalized spacial score (nSPS) is 6.82. The van der Waals surface area contributed by atoms with Crippen molar-refractivity contribution >= 4 is 11.6 Å². The largest absolute Gasteiger partial charge is 0.335 e. The van der Waals surface area contributed by atoms with E-state index in [-0.39, 0.29) is 0 Å². The summed E-state index contributed by atoms with van der Waals surface area (Å²) < 4.78 is 16.6. The first-order valence-electron chi connectivity index (χ1n) is 2.78. The van der Waals surface area contributed by atoms with Gasteiger partial charge in [-0.3, -0.25) is 0 Å². The van der Waals surface area contributed by atoms with Gasteiger partial charge in [-0.2, -0.15) is 8.42 Å². The van der Waals surface area contributed by atoms with Crippen LogP contribution in [0.5, 0.6) is 0 Å². The molecule has 11 heavy (non-hydrogen) atoms. The first-order valence-corrected chi connectivity index (χ1v) is 3.45. The zero-order valence-electron chi connectivity index (χ0n) is 5.69. The zero-order valence-corrected chi connectivity index (χ0v) is 6.51. The van der Waals surface area contributed by atoms with E-state index < -0.39 is 11.6 Å². The molecule has 0 spiro atoms. The van der Waals surface area contributed by atoms with Gasteiger partial charge in [0.15, 0.2) is 0 Å². The Morgan fingerprint density at radius 2 is 1.64 bits per heavy atom. The van der Waals surface area contributed by atoms with E-state index in [0.717, 1.165) is 5.56 Å². The third-order valence-electron chi connectivity index (χ3n) is 0.940. The van der Waals surface area contributed by atoms with Gasteiger partial charge in [-0.05, 0) is 12.1 Å². The standard InChI is InChI=1S/C8H6.O2S/c1-2-8-6-4-3-5-7-8;1-3-2/h1,3-7H;. The van der Waals surface area contributed by atoms with E-state index in [4.69, 9.17) is 14.8 Å². The SMILES string of the molecule is C#Cc1ccccc1.O=S=O. The molecule has 2 nitrogen and oxygen atoms in total. The summed E-state index contributed by atoms with van der Waals surface area (Å²) in [7, 11) is 0. The topological polar surface area (TPSA) is 34.1 Å². The molecule has 0 N–H and O–H groups in total. The summed E-state index contributed by atoms with van der Waals surface area (Å²) in [4.78, 5) is 0. The smallest absolute Gasteiger partial charge is 0.168 e. The van der Waals surface area contributed by atoms with Gasteiger partial charge in [-0.15, -0.1) is 6.42 Å². The van der Waals surface area contributed by atoms with E-state index >= 15 is 0 Å². The molecule has 1 rings (SSSR count). The highest BCUT2D eigenvalue weighted by Gasteiger charge is 1.76. The second-order valence-corrected chi connectivity index (χ2v) is 1.71. The monoisotopic (exact) mass is 166 g/mol. The minimum atomic E-state index is -0.750. The number of benzene rings is 1. The summed E-state index contributed by atoms with van der Waals surface area (Å²) in [5.74, 6) is 2.53. The van der Waals surface area contributed by atoms with Crippen molar-refractivity contribution in [2.24, 2.45) is 0 Å². The summed E-state index contributed by atoms with van der Waals surface area (Å²) >= 11 is -0.750. The second-order valence-electron chi connectivity index (χ2n) is 1.58. The first-order chi connectivity index (χ1) is 5.35. The molecule has 0 aliphatic rings. The predicted octanol–water partition coefficient (Wildman–Crippen LogP) is 0.998. The van der Waals surface area contributed by atoms with E-state index in [1.165, 1.54) is 0 Å². The molecule has 0 bridgehead atoms. The highest BCUT2D eigenvalue weighted by atomic mass is 32.1. The highest BCUT2D eigenvalue weighted by Crippen LogP contribution is 1.92. The number of hydrogen-bond donors (Lipinski definition) is 0. The highest BCUT2D eigenvalue weighted by molar-refractivity contribution is 7.51. The second kappa shape index (κ2) is 6.72. The van der Waals surface area contributed by atoms with Crippen LogP contribution in [0.1, 0.15) is 5.56 Å².